The summed E-state index contributed by atoms with van der Waals surface area (Å²) in [6.45, 7) is 3.29. The Hall–Kier alpha value is -4.43. The maximum absolute atomic E-state index is 12.8. The topological polar surface area (TPSA) is 121 Å². The molecule has 3 aromatic rings. The zero-order valence-corrected chi connectivity index (χ0v) is 20.9. The zero-order valence-electron chi connectivity index (χ0n) is 20.9. The van der Waals surface area contributed by atoms with Crippen LogP contribution in [0.5, 0.6) is 5.75 Å². The lowest BCUT2D eigenvalue weighted by atomic mass is 9.96. The highest BCUT2D eigenvalue weighted by molar-refractivity contribution is 5.96. The van der Waals surface area contributed by atoms with Crippen molar-refractivity contribution in [1.29, 1.82) is 5.26 Å². The number of carbonyl (C=O) groups excluding carboxylic acids is 2. The summed E-state index contributed by atoms with van der Waals surface area (Å²) in [5, 5.41) is 12.7. The summed E-state index contributed by atoms with van der Waals surface area (Å²) < 4.78 is 43.0. The van der Waals surface area contributed by atoms with Gasteiger partial charge in [-0.1, -0.05) is 30.7 Å². The van der Waals surface area contributed by atoms with E-state index in [-0.39, 0.29) is 34.3 Å². The molecule has 1 aromatic heterocycles. The molecule has 3 N–H and O–H groups in total. The molecule has 202 valence electrons. The van der Waals surface area contributed by atoms with Gasteiger partial charge in [0.2, 0.25) is 0 Å². The standard InChI is InChI=1S/C28H26F3N5O3/c29-28(30,31)27(38)39-24-10-3-2-9-20(24)23-16-21(22(17-32)25(33)35-23)18-7-6-8-19(15-18)26(37)34-11-14-36-12-4-1-5-13-36/h2-3,6-10,15-16H,1,4-5,11-14H2,(H2,33,35)(H,34,37). The third kappa shape index (κ3) is 6.72. The van der Waals surface area contributed by atoms with E-state index >= 15 is 0 Å². The molecule has 2 heterocycles. The molecular formula is C28H26F3N5O3. The van der Waals surface area contributed by atoms with Gasteiger partial charge in [-0.3, -0.25) is 4.79 Å². The van der Waals surface area contributed by atoms with Gasteiger partial charge in [-0.05, 0) is 61.8 Å². The number of anilines is 1. The normalized spacial score (nSPS) is 13.9. The molecule has 0 spiro atoms. The highest BCUT2D eigenvalue weighted by atomic mass is 19.4. The molecule has 39 heavy (non-hydrogen) atoms. The van der Waals surface area contributed by atoms with Gasteiger partial charge in [0.05, 0.1) is 5.69 Å². The Balaban J connectivity index is 1.62. The lowest BCUT2D eigenvalue weighted by Gasteiger charge is -2.26. The minimum absolute atomic E-state index is 0.0335. The summed E-state index contributed by atoms with van der Waals surface area (Å²) in [7, 11) is 0. The van der Waals surface area contributed by atoms with Gasteiger partial charge in [-0.2, -0.15) is 18.4 Å². The molecular weight excluding hydrogens is 511 g/mol. The second kappa shape index (κ2) is 12.0. The molecule has 0 atom stereocenters. The molecule has 0 unspecified atom stereocenters. The Morgan fingerprint density at radius 3 is 2.51 bits per heavy atom. The number of para-hydroxylation sites is 1. The number of alkyl halides is 3. The predicted molar refractivity (Wildman–Crippen MR) is 139 cm³/mol. The van der Waals surface area contributed by atoms with E-state index in [1.54, 1.807) is 24.3 Å². The summed E-state index contributed by atoms with van der Waals surface area (Å²) >= 11 is 0. The molecule has 0 bridgehead atoms. The summed E-state index contributed by atoms with van der Waals surface area (Å²) in [6, 6.07) is 15.6. The van der Waals surface area contributed by atoms with Gasteiger partial charge in [0.1, 0.15) is 23.2 Å². The van der Waals surface area contributed by atoms with Crippen molar-refractivity contribution in [2.75, 3.05) is 31.9 Å². The van der Waals surface area contributed by atoms with E-state index in [9.17, 15) is 28.0 Å². The first-order valence-corrected chi connectivity index (χ1v) is 12.4. The first-order chi connectivity index (χ1) is 18.7. The number of piperidine rings is 1. The number of nitrogens with one attached hydrogen (secondary N) is 1. The van der Waals surface area contributed by atoms with Gasteiger partial charge in [-0.25, -0.2) is 9.78 Å². The fourth-order valence-corrected chi connectivity index (χ4v) is 4.41. The van der Waals surface area contributed by atoms with Crippen molar-refractivity contribution in [2.45, 2.75) is 25.4 Å². The molecule has 1 aliphatic heterocycles. The molecule has 11 heteroatoms. The van der Waals surface area contributed by atoms with Crippen LogP contribution in [-0.2, 0) is 4.79 Å². The number of likely N-dealkylation sites (tertiary alicyclic amines) is 1. The number of benzene rings is 2. The molecule has 1 amide bonds. The monoisotopic (exact) mass is 537 g/mol. The number of nitrogens with zero attached hydrogens (tertiary/aromatic N) is 3. The second-order valence-corrected chi connectivity index (χ2v) is 9.05. The average Bonchev–Trinajstić information content (AvgIpc) is 2.93. The number of nitriles is 1. The molecule has 0 aliphatic carbocycles. The minimum Gasteiger partial charge on any atom is -0.419 e. The molecule has 1 fully saturated rings. The first-order valence-electron chi connectivity index (χ1n) is 12.4. The lowest BCUT2D eigenvalue weighted by molar-refractivity contribution is -0.189. The van der Waals surface area contributed by atoms with Crippen molar-refractivity contribution < 1.29 is 27.5 Å². The van der Waals surface area contributed by atoms with Crippen LogP contribution in [0.1, 0.15) is 35.2 Å². The van der Waals surface area contributed by atoms with Crippen LogP contribution in [0.3, 0.4) is 0 Å². The quantitative estimate of drug-likeness (QED) is 0.335. The highest BCUT2D eigenvalue weighted by Gasteiger charge is 2.41. The molecule has 2 aromatic carbocycles. The van der Waals surface area contributed by atoms with E-state index in [1.807, 2.05) is 6.07 Å². The fourth-order valence-electron chi connectivity index (χ4n) is 4.41. The van der Waals surface area contributed by atoms with Crippen LogP contribution < -0.4 is 15.8 Å². The maximum Gasteiger partial charge on any atom is 0.491 e. The van der Waals surface area contributed by atoms with Crippen LogP contribution in [-0.4, -0.2) is 54.1 Å². The Bertz CT molecular complexity index is 1410. The highest BCUT2D eigenvalue weighted by Crippen LogP contribution is 2.36. The van der Waals surface area contributed by atoms with Gasteiger partial charge < -0.3 is 20.7 Å². The number of carbonyl (C=O) groups is 2. The minimum atomic E-state index is -5.19. The zero-order chi connectivity index (χ0) is 28.0. The van der Waals surface area contributed by atoms with Crippen molar-refractivity contribution >= 4 is 17.7 Å². The van der Waals surface area contributed by atoms with E-state index in [4.69, 9.17) is 5.73 Å². The number of aromatic nitrogens is 1. The van der Waals surface area contributed by atoms with E-state index < -0.39 is 12.1 Å². The van der Waals surface area contributed by atoms with Crippen molar-refractivity contribution in [3.63, 3.8) is 0 Å². The van der Waals surface area contributed by atoms with E-state index in [0.717, 1.165) is 32.5 Å². The summed E-state index contributed by atoms with van der Waals surface area (Å²) in [5.41, 5.74) is 7.41. The van der Waals surface area contributed by atoms with Crippen molar-refractivity contribution in [3.8, 4) is 34.2 Å². The SMILES string of the molecule is N#Cc1c(-c2cccc(C(=O)NCCN3CCCCC3)c2)cc(-c2ccccc2OC(=O)C(F)(F)F)nc1N. The average molecular weight is 538 g/mol. The Morgan fingerprint density at radius 1 is 1.05 bits per heavy atom. The number of rotatable bonds is 7. The van der Waals surface area contributed by atoms with Gasteiger partial charge in [0.25, 0.3) is 5.91 Å². The van der Waals surface area contributed by atoms with E-state index in [1.165, 1.54) is 36.8 Å². The third-order valence-corrected chi connectivity index (χ3v) is 6.35. The number of halogens is 3. The second-order valence-electron chi connectivity index (χ2n) is 9.05. The van der Waals surface area contributed by atoms with Crippen LogP contribution in [0.25, 0.3) is 22.4 Å². The fraction of sp³-hybridized carbons (Fsp3) is 0.286. The smallest absolute Gasteiger partial charge is 0.419 e. The van der Waals surface area contributed by atoms with Crippen molar-refractivity contribution in [3.05, 3.63) is 65.7 Å². The maximum atomic E-state index is 12.8. The van der Waals surface area contributed by atoms with Gasteiger partial charge in [0.15, 0.2) is 0 Å². The Labute approximate surface area is 223 Å². The van der Waals surface area contributed by atoms with Crippen molar-refractivity contribution in [1.82, 2.24) is 15.2 Å². The molecule has 8 nitrogen and oxygen atoms in total. The largest absolute Gasteiger partial charge is 0.491 e. The third-order valence-electron chi connectivity index (χ3n) is 6.35. The number of pyridine rings is 1. The number of ether oxygens (including phenoxy) is 1. The Kier molecular flexibility index (Phi) is 8.46. The molecule has 0 radical (unpaired) electrons. The number of nitrogen functional groups attached to an aromatic ring is 1. The van der Waals surface area contributed by atoms with Gasteiger partial charge in [-0.15, -0.1) is 0 Å². The van der Waals surface area contributed by atoms with Crippen LogP contribution >= 0.6 is 0 Å². The summed E-state index contributed by atoms with van der Waals surface area (Å²) in [5.74, 6) is -3.20. The number of nitrogens with two attached hydrogens (primary N) is 1. The predicted octanol–water partition coefficient (Wildman–Crippen LogP) is 4.55. The Morgan fingerprint density at radius 2 is 1.79 bits per heavy atom. The first kappa shape index (κ1) is 27.6. The summed E-state index contributed by atoms with van der Waals surface area (Å²) in [6.07, 6.45) is -1.65. The molecule has 4 rings (SSSR count). The number of hydrogen-bond acceptors (Lipinski definition) is 7. The number of hydrogen-bond donors (Lipinski definition) is 2. The van der Waals surface area contributed by atoms with E-state index in [0.29, 0.717) is 23.2 Å². The lowest BCUT2D eigenvalue weighted by Crippen LogP contribution is -2.37. The van der Waals surface area contributed by atoms with Gasteiger partial charge in [0, 0.05) is 29.8 Å². The molecule has 1 aliphatic rings. The molecule has 0 saturated carbocycles. The van der Waals surface area contributed by atoms with Crippen LogP contribution in [0.2, 0.25) is 0 Å². The summed E-state index contributed by atoms with van der Waals surface area (Å²) in [4.78, 5) is 30.8. The van der Waals surface area contributed by atoms with Crippen LogP contribution in [0.15, 0.2) is 54.6 Å². The van der Waals surface area contributed by atoms with Crippen LogP contribution in [0, 0.1) is 11.3 Å². The van der Waals surface area contributed by atoms with Crippen molar-refractivity contribution in [2.24, 2.45) is 0 Å². The van der Waals surface area contributed by atoms with E-state index in [2.05, 4.69) is 19.9 Å². The molecule has 1 saturated heterocycles. The van der Waals surface area contributed by atoms with Crippen LogP contribution in [0.4, 0.5) is 19.0 Å². The van der Waals surface area contributed by atoms with Gasteiger partial charge >= 0.3 is 12.1 Å². The number of esters is 1. The number of amides is 1.